The van der Waals surface area contributed by atoms with Crippen molar-refractivity contribution in [2.45, 2.75) is 399 Å². The maximum absolute atomic E-state index is 12.9. The first-order valence-corrected chi connectivity index (χ1v) is 34.8. The molecule has 1 unspecified atom stereocenters. The molecule has 77 heavy (non-hydrogen) atoms. The fraction of sp³-hybridized carbons (Fsp3) is 0.901. The molecule has 6 heteroatoms. The number of carbonyl (C=O) groups is 3. The number of esters is 3. The van der Waals surface area contributed by atoms with E-state index in [1.807, 2.05) is 0 Å². The van der Waals surface area contributed by atoms with Crippen LogP contribution in [0, 0.1) is 0 Å². The van der Waals surface area contributed by atoms with Crippen molar-refractivity contribution in [3.05, 3.63) is 24.3 Å². The Labute approximate surface area is 481 Å². The van der Waals surface area contributed by atoms with Gasteiger partial charge in [0.05, 0.1) is 0 Å². The summed E-state index contributed by atoms with van der Waals surface area (Å²) in [5, 5.41) is 0. The van der Waals surface area contributed by atoms with E-state index in [0.29, 0.717) is 19.3 Å². The highest BCUT2D eigenvalue weighted by molar-refractivity contribution is 5.71. The lowest BCUT2D eigenvalue weighted by molar-refractivity contribution is -0.167. The van der Waals surface area contributed by atoms with Crippen molar-refractivity contribution in [1.29, 1.82) is 0 Å². The van der Waals surface area contributed by atoms with Crippen LogP contribution in [0.5, 0.6) is 0 Å². The molecule has 0 N–H and O–H groups in total. The molecule has 454 valence electrons. The fourth-order valence-electron chi connectivity index (χ4n) is 10.7. The summed E-state index contributed by atoms with van der Waals surface area (Å²) in [7, 11) is 0. The smallest absolute Gasteiger partial charge is 0.306 e. The third-order valence-corrected chi connectivity index (χ3v) is 15.9. The Hall–Kier alpha value is -2.11. The van der Waals surface area contributed by atoms with E-state index >= 15 is 0 Å². The van der Waals surface area contributed by atoms with Gasteiger partial charge in [0.25, 0.3) is 0 Å². The maximum Gasteiger partial charge on any atom is 0.306 e. The van der Waals surface area contributed by atoms with Crippen LogP contribution in [0.25, 0.3) is 0 Å². The molecule has 0 aromatic heterocycles. The molecule has 0 heterocycles. The molecule has 0 amide bonds. The number of carbonyl (C=O) groups excluding carboxylic acids is 3. The van der Waals surface area contributed by atoms with Gasteiger partial charge in [0.1, 0.15) is 13.2 Å². The molecule has 0 aromatic carbocycles. The van der Waals surface area contributed by atoms with Crippen LogP contribution < -0.4 is 0 Å². The Morgan fingerprint density at radius 2 is 0.494 bits per heavy atom. The lowest BCUT2D eigenvalue weighted by Gasteiger charge is -2.18. The van der Waals surface area contributed by atoms with Gasteiger partial charge in [0.2, 0.25) is 0 Å². The normalized spacial score (nSPS) is 12.1. The van der Waals surface area contributed by atoms with E-state index in [1.54, 1.807) is 0 Å². The zero-order valence-corrected chi connectivity index (χ0v) is 52.3. The van der Waals surface area contributed by atoms with Gasteiger partial charge in [-0.05, 0) is 44.9 Å². The van der Waals surface area contributed by atoms with Gasteiger partial charge in [-0.2, -0.15) is 0 Å². The average molecular weight is 1080 g/mol. The Balaban J connectivity index is 4.02. The highest BCUT2D eigenvalue weighted by Crippen LogP contribution is 2.19. The van der Waals surface area contributed by atoms with Crippen molar-refractivity contribution in [3.63, 3.8) is 0 Å². The molecule has 1 atom stereocenters. The topological polar surface area (TPSA) is 78.9 Å². The van der Waals surface area contributed by atoms with Crippen LogP contribution in [0.15, 0.2) is 24.3 Å². The second kappa shape index (κ2) is 66.4. The lowest BCUT2D eigenvalue weighted by atomic mass is 10.0. The lowest BCUT2D eigenvalue weighted by Crippen LogP contribution is -2.30. The van der Waals surface area contributed by atoms with Crippen molar-refractivity contribution in [3.8, 4) is 0 Å². The quantitative estimate of drug-likeness (QED) is 0.0261. The summed E-state index contributed by atoms with van der Waals surface area (Å²) in [4.78, 5) is 38.2. The van der Waals surface area contributed by atoms with Gasteiger partial charge in [-0.1, -0.05) is 353 Å². The van der Waals surface area contributed by atoms with E-state index in [1.165, 1.54) is 263 Å². The first-order valence-electron chi connectivity index (χ1n) is 34.8. The zero-order valence-electron chi connectivity index (χ0n) is 52.3. The summed E-state index contributed by atoms with van der Waals surface area (Å²) < 4.78 is 16.9. The standard InChI is InChI=1S/C71H134O6/c1-4-7-10-13-16-19-22-25-26-27-28-29-30-31-32-33-34-35-36-37-38-39-40-41-42-43-44-47-49-52-55-58-61-64-70(73)76-67-68(77-71(74)65-62-59-56-53-50-46-24-21-18-15-12-9-6-3)66-75-69(72)63-60-57-54-51-48-45-23-20-17-14-11-8-5-2/h12,15,21,24,68H,4-11,13-14,16-20,22-23,25-67H2,1-3H3/b15-12-,24-21-. The molecule has 0 saturated heterocycles. The van der Waals surface area contributed by atoms with Gasteiger partial charge >= 0.3 is 17.9 Å². The Bertz CT molecular complexity index is 1240. The number of unbranched alkanes of at least 4 members (excludes halogenated alkanes) is 50. The molecular formula is C71H134O6. The second-order valence-corrected chi connectivity index (χ2v) is 23.8. The predicted molar refractivity (Wildman–Crippen MR) is 335 cm³/mol. The SMILES string of the molecule is CCC/C=C\C/C=C\CCCCCCCC(=O)OC(COC(=O)CCCCCCCCCCCCCCC)COC(=O)CCCCCCCCCCCCCCCCCCCCCCCCCCCCCCCCCCC. The monoisotopic (exact) mass is 1080 g/mol. The van der Waals surface area contributed by atoms with Crippen molar-refractivity contribution in [2.24, 2.45) is 0 Å². The first-order chi connectivity index (χ1) is 38.0. The van der Waals surface area contributed by atoms with Crippen LogP contribution in [-0.4, -0.2) is 37.2 Å². The zero-order chi connectivity index (χ0) is 55.7. The summed E-state index contributed by atoms with van der Waals surface area (Å²) in [5.74, 6) is -0.859. The van der Waals surface area contributed by atoms with Gasteiger partial charge in [-0.15, -0.1) is 0 Å². The van der Waals surface area contributed by atoms with E-state index in [-0.39, 0.29) is 31.1 Å². The van der Waals surface area contributed by atoms with Crippen molar-refractivity contribution in [1.82, 2.24) is 0 Å². The molecule has 0 aromatic rings. The fourth-order valence-corrected chi connectivity index (χ4v) is 10.7. The largest absolute Gasteiger partial charge is 0.462 e. The third-order valence-electron chi connectivity index (χ3n) is 15.9. The predicted octanol–water partition coefficient (Wildman–Crippen LogP) is 23.8. The summed E-state index contributed by atoms with van der Waals surface area (Å²) >= 11 is 0. The number of rotatable bonds is 65. The molecule has 0 aliphatic heterocycles. The number of allylic oxidation sites excluding steroid dienone is 4. The van der Waals surface area contributed by atoms with Crippen LogP contribution in [0.1, 0.15) is 393 Å². The van der Waals surface area contributed by atoms with Crippen molar-refractivity contribution < 1.29 is 28.6 Å². The minimum Gasteiger partial charge on any atom is -0.462 e. The summed E-state index contributed by atoms with van der Waals surface area (Å²) in [5.41, 5.74) is 0. The molecule has 0 fully saturated rings. The number of hydrogen-bond donors (Lipinski definition) is 0. The highest BCUT2D eigenvalue weighted by atomic mass is 16.6. The second-order valence-electron chi connectivity index (χ2n) is 23.8. The van der Waals surface area contributed by atoms with Crippen molar-refractivity contribution >= 4 is 17.9 Å². The van der Waals surface area contributed by atoms with E-state index in [0.717, 1.165) is 89.9 Å². The third kappa shape index (κ3) is 64.6. The van der Waals surface area contributed by atoms with Gasteiger partial charge in [-0.3, -0.25) is 14.4 Å². The molecule has 0 aliphatic rings. The molecule has 0 bridgehead atoms. The Morgan fingerprint density at radius 3 is 0.766 bits per heavy atom. The number of ether oxygens (including phenoxy) is 3. The minimum absolute atomic E-state index is 0.0713. The van der Waals surface area contributed by atoms with Crippen LogP contribution in [0.3, 0.4) is 0 Å². The van der Waals surface area contributed by atoms with E-state index in [2.05, 4.69) is 45.1 Å². The maximum atomic E-state index is 12.9. The van der Waals surface area contributed by atoms with Gasteiger partial charge in [0, 0.05) is 19.3 Å². The summed E-state index contributed by atoms with van der Waals surface area (Å²) in [6.07, 6.45) is 80.9. The van der Waals surface area contributed by atoms with Crippen molar-refractivity contribution in [2.75, 3.05) is 13.2 Å². The van der Waals surface area contributed by atoms with Gasteiger partial charge < -0.3 is 14.2 Å². The summed E-state index contributed by atoms with van der Waals surface area (Å²) in [6, 6.07) is 0. The molecule has 0 rings (SSSR count). The Morgan fingerprint density at radius 1 is 0.260 bits per heavy atom. The van der Waals surface area contributed by atoms with Gasteiger partial charge in [0.15, 0.2) is 6.10 Å². The molecular weight excluding hydrogens is 949 g/mol. The van der Waals surface area contributed by atoms with Crippen LogP contribution in [0.4, 0.5) is 0 Å². The van der Waals surface area contributed by atoms with Crippen LogP contribution in [0.2, 0.25) is 0 Å². The first kappa shape index (κ1) is 74.9. The minimum atomic E-state index is -0.774. The van der Waals surface area contributed by atoms with Crippen LogP contribution >= 0.6 is 0 Å². The summed E-state index contributed by atoms with van der Waals surface area (Å²) in [6.45, 7) is 6.63. The molecule has 0 saturated carbocycles. The highest BCUT2D eigenvalue weighted by Gasteiger charge is 2.19. The van der Waals surface area contributed by atoms with Gasteiger partial charge in [-0.25, -0.2) is 0 Å². The average Bonchev–Trinajstić information content (AvgIpc) is 3.43. The molecule has 6 nitrogen and oxygen atoms in total. The molecule has 0 spiro atoms. The molecule has 0 radical (unpaired) electrons. The van der Waals surface area contributed by atoms with E-state index in [4.69, 9.17) is 14.2 Å². The van der Waals surface area contributed by atoms with E-state index in [9.17, 15) is 14.4 Å². The van der Waals surface area contributed by atoms with Crippen LogP contribution in [-0.2, 0) is 28.6 Å². The number of hydrogen-bond acceptors (Lipinski definition) is 6. The van der Waals surface area contributed by atoms with E-state index < -0.39 is 6.10 Å². The Kier molecular flexibility index (Phi) is 64.6. The molecule has 0 aliphatic carbocycles.